The molecule has 3 aromatic heterocycles. The number of carbonyl (C=O) groups is 1. The molecule has 0 saturated carbocycles. The van der Waals surface area contributed by atoms with Crippen molar-refractivity contribution in [3.63, 3.8) is 0 Å². The highest BCUT2D eigenvalue weighted by Crippen LogP contribution is 2.11. The summed E-state index contributed by atoms with van der Waals surface area (Å²) in [6, 6.07) is 5.35. The normalized spacial score (nSPS) is 10.6. The van der Waals surface area contributed by atoms with E-state index in [1.807, 2.05) is 6.07 Å². The number of hydrogen-bond donors (Lipinski definition) is 2. The number of nitrogens with one attached hydrogen (secondary N) is 2. The highest BCUT2D eigenvalue weighted by Gasteiger charge is 2.09. The molecule has 0 fully saturated rings. The van der Waals surface area contributed by atoms with Crippen LogP contribution in [0.4, 0.5) is 0 Å². The average molecular weight is 228 g/mol. The Labute approximate surface area is 95.5 Å². The second kappa shape index (κ2) is 3.71. The lowest BCUT2D eigenvalue weighted by Crippen LogP contribution is -2.21. The monoisotopic (exact) mass is 228 g/mol. The molecule has 0 saturated heterocycles. The number of hydrogen-bond acceptors (Lipinski definition) is 4. The van der Waals surface area contributed by atoms with Crippen molar-refractivity contribution in [3.05, 3.63) is 42.7 Å². The van der Waals surface area contributed by atoms with E-state index in [9.17, 15) is 4.79 Å². The van der Waals surface area contributed by atoms with Crippen molar-refractivity contribution < 1.29 is 4.79 Å². The molecule has 0 radical (unpaired) electrons. The van der Waals surface area contributed by atoms with E-state index in [2.05, 4.69) is 25.6 Å². The summed E-state index contributed by atoms with van der Waals surface area (Å²) in [6.07, 6.45) is 4.48. The molecule has 3 heterocycles. The van der Waals surface area contributed by atoms with Gasteiger partial charge in [0.2, 0.25) is 0 Å². The maximum Gasteiger partial charge on any atom is 0.286 e. The molecule has 1 amide bonds. The molecule has 0 aliphatic heterocycles. The van der Waals surface area contributed by atoms with Gasteiger partial charge >= 0.3 is 0 Å². The largest absolute Gasteiger partial charge is 0.349 e. The first-order chi connectivity index (χ1) is 8.33. The van der Waals surface area contributed by atoms with E-state index in [1.54, 1.807) is 18.3 Å². The molecule has 17 heavy (non-hydrogen) atoms. The summed E-state index contributed by atoms with van der Waals surface area (Å²) in [7, 11) is 0. The Bertz CT molecular complexity index is 623. The Balaban J connectivity index is 1.90. The summed E-state index contributed by atoms with van der Waals surface area (Å²) in [4.78, 5) is 19.0. The fourth-order valence-corrected chi connectivity index (χ4v) is 1.51. The molecule has 84 valence electrons. The maximum absolute atomic E-state index is 11.8. The van der Waals surface area contributed by atoms with Gasteiger partial charge in [-0.15, -0.1) is 10.2 Å². The van der Waals surface area contributed by atoms with Crippen LogP contribution in [0.2, 0.25) is 0 Å². The van der Waals surface area contributed by atoms with Gasteiger partial charge < -0.3 is 4.98 Å². The van der Waals surface area contributed by atoms with E-state index in [-0.39, 0.29) is 5.91 Å². The van der Waals surface area contributed by atoms with E-state index in [0.717, 1.165) is 11.0 Å². The van der Waals surface area contributed by atoms with Gasteiger partial charge in [0.05, 0.1) is 11.0 Å². The van der Waals surface area contributed by atoms with Crippen LogP contribution in [-0.2, 0) is 0 Å². The molecule has 0 spiro atoms. The molecule has 0 aromatic carbocycles. The lowest BCUT2D eigenvalue weighted by Gasteiger charge is -2.01. The standard InChI is InChI=1S/C10H8N6O/c17-10(15-16-5-12-13-6-16)9-4-8-7(14-9)2-1-3-11-8/h1-6,14H,(H,15,17). The minimum atomic E-state index is -0.275. The highest BCUT2D eigenvalue weighted by atomic mass is 16.2. The Morgan fingerprint density at radius 3 is 2.94 bits per heavy atom. The molecule has 3 rings (SSSR count). The number of aromatic nitrogens is 5. The van der Waals surface area contributed by atoms with Crippen molar-refractivity contribution in [1.82, 2.24) is 24.8 Å². The van der Waals surface area contributed by atoms with Crippen LogP contribution >= 0.6 is 0 Å². The summed E-state index contributed by atoms with van der Waals surface area (Å²) in [6.45, 7) is 0. The van der Waals surface area contributed by atoms with Gasteiger partial charge in [-0.1, -0.05) is 0 Å². The van der Waals surface area contributed by atoms with E-state index >= 15 is 0 Å². The van der Waals surface area contributed by atoms with Crippen LogP contribution < -0.4 is 5.43 Å². The summed E-state index contributed by atoms with van der Waals surface area (Å²) in [5.41, 5.74) is 4.60. The smallest absolute Gasteiger partial charge is 0.286 e. The van der Waals surface area contributed by atoms with Crippen LogP contribution in [0.1, 0.15) is 10.5 Å². The van der Waals surface area contributed by atoms with E-state index in [1.165, 1.54) is 17.3 Å². The number of rotatable bonds is 2. The number of pyridine rings is 1. The second-order valence-corrected chi connectivity index (χ2v) is 3.43. The quantitative estimate of drug-likeness (QED) is 0.670. The van der Waals surface area contributed by atoms with E-state index in [4.69, 9.17) is 0 Å². The second-order valence-electron chi connectivity index (χ2n) is 3.43. The van der Waals surface area contributed by atoms with Crippen LogP contribution in [-0.4, -0.2) is 30.7 Å². The van der Waals surface area contributed by atoms with Crippen LogP contribution in [0.25, 0.3) is 11.0 Å². The van der Waals surface area contributed by atoms with Crippen LogP contribution in [0.5, 0.6) is 0 Å². The number of H-pyrrole nitrogens is 1. The zero-order chi connectivity index (χ0) is 11.7. The van der Waals surface area contributed by atoms with Gasteiger partial charge in [-0.25, -0.2) is 4.68 Å². The third kappa shape index (κ3) is 1.73. The van der Waals surface area contributed by atoms with Crippen molar-refractivity contribution in [1.29, 1.82) is 0 Å². The molecule has 0 unspecified atom stereocenters. The Morgan fingerprint density at radius 1 is 1.35 bits per heavy atom. The molecule has 0 aliphatic carbocycles. The highest BCUT2D eigenvalue weighted by molar-refractivity contribution is 6.01. The molecular formula is C10H8N6O. The van der Waals surface area contributed by atoms with Gasteiger partial charge in [0, 0.05) is 6.20 Å². The van der Waals surface area contributed by atoms with Crippen LogP contribution in [0, 0.1) is 0 Å². The number of fused-ring (bicyclic) bond motifs is 1. The van der Waals surface area contributed by atoms with E-state index in [0.29, 0.717) is 5.69 Å². The Kier molecular flexibility index (Phi) is 2.08. The van der Waals surface area contributed by atoms with Gasteiger partial charge in [-0.05, 0) is 18.2 Å². The minimum Gasteiger partial charge on any atom is -0.349 e. The van der Waals surface area contributed by atoms with Crippen molar-refractivity contribution in [3.8, 4) is 0 Å². The first-order valence-electron chi connectivity index (χ1n) is 4.93. The summed E-state index contributed by atoms with van der Waals surface area (Å²) >= 11 is 0. The SMILES string of the molecule is O=C(Nn1cnnc1)c1cc2ncccc2[nH]1. The molecular weight excluding hydrogens is 220 g/mol. The molecule has 0 atom stereocenters. The van der Waals surface area contributed by atoms with Crippen molar-refractivity contribution >= 4 is 16.9 Å². The third-order valence-corrected chi connectivity index (χ3v) is 2.28. The molecule has 7 nitrogen and oxygen atoms in total. The maximum atomic E-state index is 11.8. The predicted molar refractivity (Wildman–Crippen MR) is 59.8 cm³/mol. The fraction of sp³-hybridized carbons (Fsp3) is 0. The van der Waals surface area contributed by atoms with Gasteiger partial charge in [0.25, 0.3) is 5.91 Å². The third-order valence-electron chi connectivity index (χ3n) is 2.28. The molecule has 3 aromatic rings. The molecule has 0 bridgehead atoms. The predicted octanol–water partition coefficient (Wildman–Crippen LogP) is 0.538. The zero-order valence-corrected chi connectivity index (χ0v) is 8.66. The molecule has 2 N–H and O–H groups in total. The first-order valence-corrected chi connectivity index (χ1v) is 4.93. The van der Waals surface area contributed by atoms with Gasteiger partial charge in [-0.3, -0.25) is 15.2 Å². The zero-order valence-electron chi connectivity index (χ0n) is 8.66. The average Bonchev–Trinajstić information content (AvgIpc) is 2.96. The topological polar surface area (TPSA) is 88.5 Å². The number of nitrogens with zero attached hydrogens (tertiary/aromatic N) is 4. The number of carbonyl (C=O) groups excluding carboxylic acids is 1. The van der Waals surface area contributed by atoms with Gasteiger partial charge in [0.15, 0.2) is 0 Å². The van der Waals surface area contributed by atoms with Crippen LogP contribution in [0.15, 0.2) is 37.1 Å². The number of amides is 1. The number of aromatic amines is 1. The molecule has 7 heteroatoms. The molecule has 0 aliphatic rings. The van der Waals surface area contributed by atoms with Gasteiger partial charge in [0.1, 0.15) is 18.3 Å². The fourth-order valence-electron chi connectivity index (χ4n) is 1.51. The van der Waals surface area contributed by atoms with Crippen molar-refractivity contribution in [2.24, 2.45) is 0 Å². The van der Waals surface area contributed by atoms with Crippen molar-refractivity contribution in [2.75, 3.05) is 5.43 Å². The Morgan fingerprint density at radius 2 is 2.18 bits per heavy atom. The summed E-state index contributed by atoms with van der Waals surface area (Å²) < 4.78 is 1.38. The Hall–Kier alpha value is -2.70. The lowest BCUT2D eigenvalue weighted by atomic mass is 10.3. The minimum absolute atomic E-state index is 0.275. The van der Waals surface area contributed by atoms with Gasteiger partial charge in [-0.2, -0.15) is 0 Å². The van der Waals surface area contributed by atoms with Crippen molar-refractivity contribution in [2.45, 2.75) is 0 Å². The van der Waals surface area contributed by atoms with Crippen LogP contribution in [0.3, 0.4) is 0 Å². The van der Waals surface area contributed by atoms with E-state index < -0.39 is 0 Å². The summed E-state index contributed by atoms with van der Waals surface area (Å²) in [5, 5.41) is 7.17. The summed E-state index contributed by atoms with van der Waals surface area (Å²) in [5.74, 6) is -0.275. The lowest BCUT2D eigenvalue weighted by molar-refractivity contribution is 0.100. The first kappa shape index (κ1) is 9.52.